The minimum Gasteiger partial charge on any atom is -0.480 e. The summed E-state index contributed by atoms with van der Waals surface area (Å²) >= 11 is 0. The molecule has 0 amide bonds. The molecule has 20 heavy (non-hydrogen) atoms. The van der Waals surface area contributed by atoms with Crippen molar-refractivity contribution in [3.8, 4) is 0 Å². The molecule has 2 atom stereocenters. The normalized spacial score (nSPS) is 14.2. The largest absolute Gasteiger partial charge is 0.480 e. The Kier molecular flexibility index (Phi) is 5.69. The number of aliphatic carboxylic acids is 2. The lowest BCUT2D eigenvalue weighted by atomic mass is 10.0. The highest BCUT2D eigenvalue weighted by molar-refractivity contribution is 5.77. The van der Waals surface area contributed by atoms with Crippen LogP contribution in [0.5, 0.6) is 0 Å². The van der Waals surface area contributed by atoms with Gasteiger partial charge in [0.25, 0.3) is 0 Å². The fourth-order valence-corrected chi connectivity index (χ4v) is 1.95. The van der Waals surface area contributed by atoms with Gasteiger partial charge < -0.3 is 14.8 Å². The lowest BCUT2D eigenvalue weighted by molar-refractivity contribution is -0.142. The zero-order valence-electron chi connectivity index (χ0n) is 11.9. The summed E-state index contributed by atoms with van der Waals surface area (Å²) in [6.45, 7) is 3.79. The van der Waals surface area contributed by atoms with Gasteiger partial charge in [0.2, 0.25) is 0 Å². The smallest absolute Gasteiger partial charge is 0.321 e. The van der Waals surface area contributed by atoms with Gasteiger partial charge in [0.1, 0.15) is 12.1 Å². The third-order valence-corrected chi connectivity index (χ3v) is 2.88. The van der Waals surface area contributed by atoms with Crippen LogP contribution >= 0.6 is 0 Å². The first-order chi connectivity index (χ1) is 9.29. The highest BCUT2D eigenvalue weighted by Gasteiger charge is 2.27. The van der Waals surface area contributed by atoms with E-state index >= 15 is 0 Å². The monoisotopic (exact) mass is 283 g/mol. The van der Waals surface area contributed by atoms with Gasteiger partial charge in [-0.3, -0.25) is 14.9 Å². The van der Waals surface area contributed by atoms with Gasteiger partial charge in [0, 0.05) is 19.7 Å². The molecular formula is C13H21N3O4. The molecule has 1 aromatic heterocycles. The molecule has 2 unspecified atom stereocenters. The fraction of sp³-hybridized carbons (Fsp3) is 0.615. The third-order valence-electron chi connectivity index (χ3n) is 2.88. The third kappa shape index (κ3) is 5.00. The first kappa shape index (κ1) is 16.2. The molecule has 1 heterocycles. The second-order valence-corrected chi connectivity index (χ2v) is 5.31. The summed E-state index contributed by atoms with van der Waals surface area (Å²) in [6.07, 6.45) is 3.83. The average molecular weight is 283 g/mol. The summed E-state index contributed by atoms with van der Waals surface area (Å²) < 4.78 is 1.72. The van der Waals surface area contributed by atoms with E-state index in [-0.39, 0.29) is 12.3 Å². The number of carboxylic acid groups (broad SMARTS) is 2. The highest BCUT2D eigenvalue weighted by atomic mass is 16.4. The topological polar surface area (TPSA) is 104 Å². The molecule has 0 aliphatic rings. The van der Waals surface area contributed by atoms with E-state index in [0.29, 0.717) is 12.1 Å². The molecule has 3 N–H and O–H groups in total. The number of aryl methyl sites for hydroxylation is 1. The molecular weight excluding hydrogens is 262 g/mol. The average Bonchev–Trinajstić information content (AvgIpc) is 2.72. The summed E-state index contributed by atoms with van der Waals surface area (Å²) in [4.78, 5) is 26.5. The van der Waals surface area contributed by atoms with Crippen LogP contribution in [0.2, 0.25) is 0 Å². The predicted molar refractivity (Wildman–Crippen MR) is 72.4 cm³/mol. The van der Waals surface area contributed by atoms with Gasteiger partial charge >= 0.3 is 11.9 Å². The van der Waals surface area contributed by atoms with Crippen molar-refractivity contribution in [1.29, 1.82) is 0 Å². The Morgan fingerprint density at radius 2 is 1.90 bits per heavy atom. The van der Waals surface area contributed by atoms with Gasteiger partial charge in [0.15, 0.2) is 0 Å². The Labute approximate surface area is 117 Å². The number of carboxylic acids is 2. The molecule has 112 valence electrons. The maximum atomic E-state index is 11.3. The van der Waals surface area contributed by atoms with Crippen molar-refractivity contribution in [2.75, 3.05) is 0 Å². The minimum atomic E-state index is -1.08. The number of aromatic nitrogens is 2. The van der Waals surface area contributed by atoms with Crippen LogP contribution in [0, 0.1) is 5.92 Å². The zero-order valence-corrected chi connectivity index (χ0v) is 11.9. The van der Waals surface area contributed by atoms with Crippen molar-refractivity contribution < 1.29 is 19.8 Å². The first-order valence-corrected chi connectivity index (χ1v) is 6.48. The Morgan fingerprint density at radius 3 is 2.30 bits per heavy atom. The number of imidazole rings is 1. The van der Waals surface area contributed by atoms with Crippen LogP contribution in [-0.4, -0.2) is 43.8 Å². The van der Waals surface area contributed by atoms with E-state index < -0.39 is 24.0 Å². The van der Waals surface area contributed by atoms with Gasteiger partial charge in [-0.25, -0.2) is 4.98 Å². The molecule has 0 radical (unpaired) electrons. The standard InChI is InChI=1S/C13H21N3O4/c1-8(2)4-10(12(17)18)15-11(13(19)20)5-9-6-16(3)7-14-9/h6-8,10-11,15H,4-5H2,1-3H3,(H,17,18)(H,19,20). The van der Waals surface area contributed by atoms with E-state index in [1.165, 1.54) is 0 Å². The molecule has 0 aromatic carbocycles. The van der Waals surface area contributed by atoms with Crippen LogP contribution in [0.15, 0.2) is 12.5 Å². The lowest BCUT2D eigenvalue weighted by Gasteiger charge is -2.21. The lowest BCUT2D eigenvalue weighted by Crippen LogP contribution is -2.48. The minimum absolute atomic E-state index is 0.151. The van der Waals surface area contributed by atoms with Crippen molar-refractivity contribution in [2.24, 2.45) is 13.0 Å². The van der Waals surface area contributed by atoms with Gasteiger partial charge in [-0.2, -0.15) is 0 Å². The summed E-state index contributed by atoms with van der Waals surface area (Å²) in [7, 11) is 1.79. The molecule has 1 aromatic rings. The number of rotatable bonds is 8. The fourth-order valence-electron chi connectivity index (χ4n) is 1.95. The summed E-state index contributed by atoms with van der Waals surface area (Å²) in [5, 5.41) is 21.1. The van der Waals surface area contributed by atoms with Crippen molar-refractivity contribution in [2.45, 2.75) is 38.8 Å². The number of nitrogens with one attached hydrogen (secondary N) is 1. The molecule has 0 saturated heterocycles. The van der Waals surface area contributed by atoms with Crippen LogP contribution in [-0.2, 0) is 23.1 Å². The first-order valence-electron chi connectivity index (χ1n) is 6.48. The summed E-state index contributed by atoms with van der Waals surface area (Å²) in [5.74, 6) is -1.95. The molecule has 0 saturated carbocycles. The predicted octanol–water partition coefficient (Wildman–Crippen LogP) is 0.505. The van der Waals surface area contributed by atoms with Crippen LogP contribution in [0.1, 0.15) is 26.0 Å². The number of hydrogen-bond acceptors (Lipinski definition) is 4. The number of hydrogen-bond donors (Lipinski definition) is 3. The Bertz CT molecular complexity index is 470. The van der Waals surface area contributed by atoms with Crippen molar-refractivity contribution in [1.82, 2.24) is 14.9 Å². The summed E-state index contributed by atoms with van der Waals surface area (Å²) in [5.41, 5.74) is 0.612. The van der Waals surface area contributed by atoms with Gasteiger partial charge in [0.05, 0.1) is 12.0 Å². The molecule has 0 spiro atoms. The quantitative estimate of drug-likeness (QED) is 0.642. The van der Waals surface area contributed by atoms with E-state index in [2.05, 4.69) is 10.3 Å². The van der Waals surface area contributed by atoms with E-state index in [1.807, 2.05) is 13.8 Å². The summed E-state index contributed by atoms with van der Waals surface area (Å²) in [6, 6.07) is -1.84. The maximum absolute atomic E-state index is 11.3. The van der Waals surface area contributed by atoms with E-state index in [0.717, 1.165) is 0 Å². The van der Waals surface area contributed by atoms with E-state index in [4.69, 9.17) is 5.11 Å². The molecule has 0 bridgehead atoms. The van der Waals surface area contributed by atoms with Gasteiger partial charge in [-0.1, -0.05) is 13.8 Å². The maximum Gasteiger partial charge on any atom is 0.321 e. The second kappa shape index (κ2) is 7.04. The molecule has 1 rings (SSSR count). The van der Waals surface area contributed by atoms with Crippen LogP contribution in [0.25, 0.3) is 0 Å². The Balaban J connectivity index is 2.74. The Morgan fingerprint density at radius 1 is 1.30 bits per heavy atom. The van der Waals surface area contributed by atoms with E-state index in [1.54, 1.807) is 24.1 Å². The molecule has 7 heteroatoms. The molecule has 0 fully saturated rings. The second-order valence-electron chi connectivity index (χ2n) is 5.31. The number of nitrogens with zero attached hydrogens (tertiary/aromatic N) is 2. The van der Waals surface area contributed by atoms with Gasteiger partial charge in [-0.15, -0.1) is 0 Å². The zero-order chi connectivity index (χ0) is 15.3. The molecule has 0 aliphatic heterocycles. The number of carbonyl (C=O) groups is 2. The SMILES string of the molecule is CC(C)CC(NC(Cc1cn(C)cn1)C(=O)O)C(=O)O. The van der Waals surface area contributed by atoms with Gasteiger partial charge in [-0.05, 0) is 12.3 Å². The van der Waals surface area contributed by atoms with Crippen molar-refractivity contribution in [3.05, 3.63) is 18.2 Å². The van der Waals surface area contributed by atoms with Crippen LogP contribution in [0.3, 0.4) is 0 Å². The Hall–Kier alpha value is -1.89. The van der Waals surface area contributed by atoms with Crippen molar-refractivity contribution >= 4 is 11.9 Å². The van der Waals surface area contributed by atoms with Crippen LogP contribution < -0.4 is 5.32 Å². The highest BCUT2D eigenvalue weighted by Crippen LogP contribution is 2.08. The molecule has 7 nitrogen and oxygen atoms in total. The molecule has 0 aliphatic carbocycles. The van der Waals surface area contributed by atoms with Crippen molar-refractivity contribution in [3.63, 3.8) is 0 Å². The van der Waals surface area contributed by atoms with Crippen LogP contribution in [0.4, 0.5) is 0 Å². The van der Waals surface area contributed by atoms with E-state index in [9.17, 15) is 14.7 Å².